The summed E-state index contributed by atoms with van der Waals surface area (Å²) in [6.45, 7) is 6.51. The molecule has 0 aliphatic carbocycles. The van der Waals surface area contributed by atoms with Gasteiger partial charge in [-0.3, -0.25) is 4.98 Å². The molecule has 0 fully saturated rings. The maximum atomic E-state index is 4.38. The van der Waals surface area contributed by atoms with Crippen LogP contribution in [0.2, 0.25) is 0 Å². The summed E-state index contributed by atoms with van der Waals surface area (Å²) >= 11 is 0. The highest BCUT2D eigenvalue weighted by Gasteiger charge is 1.98. The molecule has 1 aromatic rings. The molecule has 0 radical (unpaired) electrons. The Bertz CT molecular complexity index is 253. The number of aryl methyl sites for hydroxylation is 3. The minimum absolute atomic E-state index is 1.03. The van der Waals surface area contributed by atoms with Crippen molar-refractivity contribution in [2.24, 2.45) is 0 Å². The summed E-state index contributed by atoms with van der Waals surface area (Å²) in [7, 11) is 0. The van der Waals surface area contributed by atoms with E-state index in [0.29, 0.717) is 0 Å². The minimum atomic E-state index is 1.03. The van der Waals surface area contributed by atoms with Crippen molar-refractivity contribution in [3.63, 3.8) is 0 Å². The minimum Gasteiger partial charge on any atom is -0.261 e. The van der Waals surface area contributed by atoms with E-state index in [1.165, 1.54) is 23.2 Å². The van der Waals surface area contributed by atoms with Gasteiger partial charge in [0, 0.05) is 11.9 Å². The number of hydrogen-bond acceptors (Lipinski definition) is 1. The van der Waals surface area contributed by atoms with E-state index in [2.05, 4.69) is 31.8 Å². The number of hydrogen-bond donors (Lipinski definition) is 0. The van der Waals surface area contributed by atoms with Crippen LogP contribution in [0.5, 0.6) is 0 Å². The predicted octanol–water partition coefficient (Wildman–Crippen LogP) is 2.90. The second kappa shape index (κ2) is 4.24. The van der Waals surface area contributed by atoms with E-state index in [9.17, 15) is 0 Å². The lowest BCUT2D eigenvalue weighted by Gasteiger charge is -2.04. The molecule has 0 saturated carbocycles. The molecule has 66 valence electrons. The van der Waals surface area contributed by atoms with Crippen LogP contribution >= 0.6 is 0 Å². The lowest BCUT2D eigenvalue weighted by molar-refractivity contribution is 0.892. The molecular formula is C11H17N. The molecule has 1 aromatic heterocycles. The summed E-state index contributed by atoms with van der Waals surface area (Å²) in [5, 5.41) is 0. The van der Waals surface area contributed by atoms with Gasteiger partial charge in [0.2, 0.25) is 0 Å². The van der Waals surface area contributed by atoms with Crippen LogP contribution in [0.4, 0.5) is 0 Å². The molecule has 0 unspecified atom stereocenters. The van der Waals surface area contributed by atoms with Crippen molar-refractivity contribution in [1.82, 2.24) is 4.98 Å². The molecule has 0 aromatic carbocycles. The number of pyridine rings is 1. The lowest BCUT2D eigenvalue weighted by atomic mass is 10.1. The summed E-state index contributed by atoms with van der Waals surface area (Å²) in [6, 6.07) is 2.20. The summed E-state index contributed by atoms with van der Waals surface area (Å²) < 4.78 is 0. The highest BCUT2D eigenvalue weighted by Crippen LogP contribution is 2.10. The largest absolute Gasteiger partial charge is 0.261 e. The van der Waals surface area contributed by atoms with Crippen molar-refractivity contribution < 1.29 is 0 Å². The van der Waals surface area contributed by atoms with Crippen molar-refractivity contribution in [3.8, 4) is 0 Å². The van der Waals surface area contributed by atoms with Crippen LogP contribution in [0.15, 0.2) is 12.3 Å². The smallest absolute Gasteiger partial charge is 0.0403 e. The fourth-order valence-corrected chi connectivity index (χ4v) is 1.37. The Morgan fingerprint density at radius 2 is 2.08 bits per heavy atom. The van der Waals surface area contributed by atoms with Crippen LogP contribution in [-0.2, 0) is 12.8 Å². The monoisotopic (exact) mass is 163 g/mol. The molecular weight excluding hydrogens is 146 g/mol. The first kappa shape index (κ1) is 9.24. The topological polar surface area (TPSA) is 12.9 Å². The second-order valence-corrected chi connectivity index (χ2v) is 3.21. The van der Waals surface area contributed by atoms with Crippen LogP contribution in [0.25, 0.3) is 0 Å². The first-order valence-corrected chi connectivity index (χ1v) is 4.72. The van der Waals surface area contributed by atoms with Gasteiger partial charge in [-0.15, -0.1) is 0 Å². The van der Waals surface area contributed by atoms with Crippen LogP contribution in [-0.4, -0.2) is 4.98 Å². The maximum absolute atomic E-state index is 4.38. The quantitative estimate of drug-likeness (QED) is 0.667. The van der Waals surface area contributed by atoms with E-state index >= 15 is 0 Å². The Kier molecular flexibility index (Phi) is 3.27. The molecule has 1 nitrogen and oxygen atoms in total. The van der Waals surface area contributed by atoms with Crippen molar-refractivity contribution in [2.45, 2.75) is 40.0 Å². The Morgan fingerprint density at radius 3 is 2.58 bits per heavy atom. The number of nitrogens with zero attached hydrogens (tertiary/aromatic N) is 1. The summed E-state index contributed by atoms with van der Waals surface area (Å²) in [5.74, 6) is 0. The van der Waals surface area contributed by atoms with Gasteiger partial charge in [0.25, 0.3) is 0 Å². The van der Waals surface area contributed by atoms with Gasteiger partial charge >= 0.3 is 0 Å². The van der Waals surface area contributed by atoms with E-state index in [4.69, 9.17) is 0 Å². The average molecular weight is 163 g/mol. The molecule has 0 bridgehead atoms. The zero-order valence-electron chi connectivity index (χ0n) is 8.22. The third kappa shape index (κ3) is 2.07. The highest BCUT2D eigenvalue weighted by atomic mass is 14.7. The molecule has 12 heavy (non-hydrogen) atoms. The SMILES string of the molecule is CCCc1cnc(CC)cc1C. The molecule has 0 aliphatic rings. The van der Waals surface area contributed by atoms with E-state index in [1.807, 2.05) is 6.20 Å². The molecule has 0 saturated heterocycles. The fraction of sp³-hybridized carbons (Fsp3) is 0.545. The van der Waals surface area contributed by atoms with Gasteiger partial charge < -0.3 is 0 Å². The average Bonchev–Trinajstić information content (AvgIpc) is 2.09. The first-order chi connectivity index (χ1) is 5.77. The fourth-order valence-electron chi connectivity index (χ4n) is 1.37. The molecule has 0 atom stereocenters. The van der Waals surface area contributed by atoms with Crippen molar-refractivity contribution in [3.05, 3.63) is 29.1 Å². The molecule has 1 rings (SSSR count). The van der Waals surface area contributed by atoms with Crippen LogP contribution in [0, 0.1) is 6.92 Å². The Labute approximate surface area is 74.8 Å². The van der Waals surface area contributed by atoms with Gasteiger partial charge in [-0.2, -0.15) is 0 Å². The molecule has 1 heterocycles. The zero-order chi connectivity index (χ0) is 8.97. The van der Waals surface area contributed by atoms with E-state index < -0.39 is 0 Å². The molecule has 0 aliphatic heterocycles. The number of aromatic nitrogens is 1. The van der Waals surface area contributed by atoms with Crippen molar-refractivity contribution in [1.29, 1.82) is 0 Å². The first-order valence-electron chi connectivity index (χ1n) is 4.72. The van der Waals surface area contributed by atoms with Crippen LogP contribution in [0.3, 0.4) is 0 Å². The third-order valence-electron chi connectivity index (χ3n) is 2.16. The van der Waals surface area contributed by atoms with E-state index in [-0.39, 0.29) is 0 Å². The predicted molar refractivity (Wildman–Crippen MR) is 52.3 cm³/mol. The standard InChI is InChI=1S/C11H17N/c1-4-6-10-8-12-11(5-2)7-9(10)3/h7-8H,4-6H2,1-3H3. The van der Waals surface area contributed by atoms with Gasteiger partial charge in [0.15, 0.2) is 0 Å². The Morgan fingerprint density at radius 1 is 1.33 bits per heavy atom. The normalized spacial score (nSPS) is 10.2. The summed E-state index contributed by atoms with van der Waals surface area (Å²) in [4.78, 5) is 4.38. The Hall–Kier alpha value is -0.850. The molecule has 0 N–H and O–H groups in total. The molecule has 0 amide bonds. The second-order valence-electron chi connectivity index (χ2n) is 3.21. The van der Waals surface area contributed by atoms with Gasteiger partial charge in [-0.25, -0.2) is 0 Å². The van der Waals surface area contributed by atoms with Crippen molar-refractivity contribution in [2.75, 3.05) is 0 Å². The van der Waals surface area contributed by atoms with Crippen LogP contribution in [0.1, 0.15) is 37.1 Å². The summed E-state index contributed by atoms with van der Waals surface area (Å²) in [5.41, 5.74) is 3.99. The van der Waals surface area contributed by atoms with E-state index in [1.54, 1.807) is 0 Å². The number of rotatable bonds is 3. The van der Waals surface area contributed by atoms with Crippen molar-refractivity contribution >= 4 is 0 Å². The lowest BCUT2D eigenvalue weighted by Crippen LogP contribution is -1.94. The molecule has 0 spiro atoms. The van der Waals surface area contributed by atoms with Gasteiger partial charge in [0.05, 0.1) is 0 Å². The summed E-state index contributed by atoms with van der Waals surface area (Å²) in [6.07, 6.45) is 5.42. The highest BCUT2D eigenvalue weighted by molar-refractivity contribution is 5.25. The van der Waals surface area contributed by atoms with E-state index in [0.717, 1.165) is 12.8 Å². The maximum Gasteiger partial charge on any atom is 0.0403 e. The van der Waals surface area contributed by atoms with Gasteiger partial charge in [-0.1, -0.05) is 20.3 Å². The third-order valence-corrected chi connectivity index (χ3v) is 2.16. The Balaban J connectivity index is 2.87. The van der Waals surface area contributed by atoms with Gasteiger partial charge in [0.1, 0.15) is 0 Å². The molecule has 1 heteroatoms. The van der Waals surface area contributed by atoms with Gasteiger partial charge in [-0.05, 0) is 37.0 Å². The van der Waals surface area contributed by atoms with Crippen LogP contribution < -0.4 is 0 Å². The zero-order valence-corrected chi connectivity index (χ0v) is 8.22.